The van der Waals surface area contributed by atoms with Crippen LogP contribution in [0.4, 0.5) is 0 Å². The molecule has 0 aliphatic heterocycles. The van der Waals surface area contributed by atoms with Gasteiger partial charge in [0.1, 0.15) is 11.6 Å². The summed E-state index contributed by atoms with van der Waals surface area (Å²) in [7, 11) is 0. The van der Waals surface area contributed by atoms with E-state index in [-0.39, 0.29) is 11.4 Å². The first kappa shape index (κ1) is 13.3. The van der Waals surface area contributed by atoms with Crippen LogP contribution < -0.4 is 0 Å². The molecule has 0 fully saturated rings. The average molecular weight is 267 g/mol. The lowest BCUT2D eigenvalue weighted by molar-refractivity contribution is 0.104. The zero-order valence-corrected chi connectivity index (χ0v) is 11.6. The number of carbonyl (C=O) groups excluding carboxylic acids is 1. The number of nitrogens with zero attached hydrogens (tertiary/aromatic N) is 1. The second kappa shape index (κ2) is 5.64. The lowest BCUT2D eigenvalue weighted by Crippen LogP contribution is -1.99. The Morgan fingerprint density at radius 2 is 2.11 bits per heavy atom. The van der Waals surface area contributed by atoms with E-state index in [0.717, 1.165) is 16.7 Å². The molecule has 2 rings (SSSR count). The maximum Gasteiger partial charge on any atom is 0.213 e. The summed E-state index contributed by atoms with van der Waals surface area (Å²) in [6.07, 6.45) is 1.66. The molecule has 0 spiro atoms. The Labute approximate surface area is 116 Å². The molecule has 94 valence electrons. The third-order valence-corrected chi connectivity index (χ3v) is 3.70. The molecule has 0 amide bonds. The Hall–Kier alpha value is -2.18. The SMILES string of the molecule is Cc1ccc(/C=C(\C#N)C(=O)c2cccs2)c(C)c1. The van der Waals surface area contributed by atoms with Crippen molar-refractivity contribution in [1.29, 1.82) is 5.26 Å². The number of Topliss-reactive ketones (excluding diaryl/α,β-unsaturated/α-hetero) is 1. The minimum absolute atomic E-state index is 0.175. The van der Waals surface area contributed by atoms with Crippen molar-refractivity contribution < 1.29 is 4.79 Å². The Balaban J connectivity index is 2.40. The zero-order valence-electron chi connectivity index (χ0n) is 10.8. The van der Waals surface area contributed by atoms with Crippen LogP contribution >= 0.6 is 11.3 Å². The van der Waals surface area contributed by atoms with Crippen LogP contribution in [0, 0.1) is 25.2 Å². The minimum atomic E-state index is -0.211. The van der Waals surface area contributed by atoms with Crippen LogP contribution in [0.1, 0.15) is 26.4 Å². The van der Waals surface area contributed by atoms with Crippen molar-refractivity contribution in [3.05, 3.63) is 62.9 Å². The summed E-state index contributed by atoms with van der Waals surface area (Å²) >= 11 is 1.35. The molecule has 2 nitrogen and oxygen atoms in total. The molecule has 0 saturated carbocycles. The zero-order chi connectivity index (χ0) is 13.8. The summed E-state index contributed by atoms with van der Waals surface area (Å²) in [5.74, 6) is -0.211. The van der Waals surface area contributed by atoms with Gasteiger partial charge in [0.25, 0.3) is 0 Å². The normalized spacial score (nSPS) is 11.1. The number of rotatable bonds is 3. The molecule has 0 aliphatic carbocycles. The number of carbonyl (C=O) groups is 1. The molecule has 0 atom stereocenters. The van der Waals surface area contributed by atoms with E-state index >= 15 is 0 Å². The van der Waals surface area contributed by atoms with E-state index in [9.17, 15) is 4.79 Å². The van der Waals surface area contributed by atoms with Crippen LogP contribution in [0.3, 0.4) is 0 Å². The number of hydrogen-bond donors (Lipinski definition) is 0. The Morgan fingerprint density at radius 1 is 1.32 bits per heavy atom. The van der Waals surface area contributed by atoms with Crippen molar-refractivity contribution in [3.8, 4) is 6.07 Å². The van der Waals surface area contributed by atoms with Gasteiger partial charge in [-0.25, -0.2) is 0 Å². The van der Waals surface area contributed by atoms with E-state index in [1.54, 1.807) is 12.1 Å². The van der Waals surface area contributed by atoms with Crippen LogP contribution in [0.15, 0.2) is 41.3 Å². The first-order valence-electron chi connectivity index (χ1n) is 5.89. The maximum atomic E-state index is 12.1. The van der Waals surface area contributed by atoms with Crippen molar-refractivity contribution in [2.75, 3.05) is 0 Å². The molecule has 2 aromatic rings. The largest absolute Gasteiger partial charge is 0.287 e. The molecule has 1 heterocycles. The van der Waals surface area contributed by atoms with Crippen molar-refractivity contribution in [3.63, 3.8) is 0 Å². The van der Waals surface area contributed by atoms with E-state index in [1.807, 2.05) is 49.6 Å². The van der Waals surface area contributed by atoms with Gasteiger partial charge >= 0.3 is 0 Å². The predicted molar refractivity (Wildman–Crippen MR) is 78.2 cm³/mol. The Kier molecular flexibility index (Phi) is 3.94. The van der Waals surface area contributed by atoms with Crippen molar-refractivity contribution >= 4 is 23.2 Å². The Bertz CT molecular complexity index is 675. The van der Waals surface area contributed by atoms with Crippen LogP contribution in [0.2, 0.25) is 0 Å². The number of hydrogen-bond acceptors (Lipinski definition) is 3. The number of allylic oxidation sites excluding steroid dienone is 1. The van der Waals surface area contributed by atoms with Gasteiger partial charge in [0.15, 0.2) is 0 Å². The van der Waals surface area contributed by atoms with E-state index in [2.05, 4.69) is 0 Å². The summed E-state index contributed by atoms with van der Waals surface area (Å²) in [6, 6.07) is 11.5. The standard InChI is InChI=1S/C16H13NOS/c1-11-5-6-13(12(2)8-11)9-14(10-17)16(18)15-4-3-7-19-15/h3-9H,1-2H3/b14-9+. The first-order chi connectivity index (χ1) is 9.11. The maximum absolute atomic E-state index is 12.1. The van der Waals surface area contributed by atoms with Gasteiger partial charge in [0.2, 0.25) is 5.78 Å². The second-order valence-corrected chi connectivity index (χ2v) is 5.28. The Morgan fingerprint density at radius 3 is 2.68 bits per heavy atom. The highest BCUT2D eigenvalue weighted by Gasteiger charge is 2.13. The van der Waals surface area contributed by atoms with Gasteiger partial charge in [0, 0.05) is 0 Å². The molecule has 0 N–H and O–H groups in total. The van der Waals surface area contributed by atoms with Gasteiger partial charge < -0.3 is 0 Å². The number of ketones is 1. The highest BCUT2D eigenvalue weighted by atomic mass is 32.1. The fraction of sp³-hybridized carbons (Fsp3) is 0.125. The first-order valence-corrected chi connectivity index (χ1v) is 6.77. The smallest absolute Gasteiger partial charge is 0.213 e. The molecular weight excluding hydrogens is 254 g/mol. The van der Waals surface area contributed by atoms with Gasteiger partial charge in [-0.15, -0.1) is 11.3 Å². The lowest BCUT2D eigenvalue weighted by Gasteiger charge is -2.02. The molecule has 19 heavy (non-hydrogen) atoms. The summed E-state index contributed by atoms with van der Waals surface area (Å²) in [6.45, 7) is 3.99. The summed E-state index contributed by atoms with van der Waals surface area (Å²) < 4.78 is 0. The molecule has 0 saturated heterocycles. The van der Waals surface area contributed by atoms with E-state index < -0.39 is 0 Å². The van der Waals surface area contributed by atoms with Gasteiger partial charge in [-0.3, -0.25) is 4.79 Å². The van der Waals surface area contributed by atoms with Crippen molar-refractivity contribution in [2.45, 2.75) is 13.8 Å². The fourth-order valence-electron chi connectivity index (χ4n) is 1.83. The molecule has 0 radical (unpaired) electrons. The molecule has 3 heteroatoms. The van der Waals surface area contributed by atoms with Crippen LogP contribution in [-0.4, -0.2) is 5.78 Å². The van der Waals surface area contributed by atoms with Gasteiger partial charge in [0.05, 0.1) is 4.88 Å². The van der Waals surface area contributed by atoms with Gasteiger partial charge in [-0.2, -0.15) is 5.26 Å². The third-order valence-electron chi connectivity index (χ3n) is 2.84. The van der Waals surface area contributed by atoms with E-state index in [0.29, 0.717) is 4.88 Å². The molecule has 1 aromatic carbocycles. The van der Waals surface area contributed by atoms with Crippen LogP contribution in [0.25, 0.3) is 6.08 Å². The third kappa shape index (κ3) is 2.98. The number of benzene rings is 1. The monoisotopic (exact) mass is 267 g/mol. The number of nitriles is 1. The lowest BCUT2D eigenvalue weighted by atomic mass is 10.0. The molecule has 1 aromatic heterocycles. The molecule has 0 unspecified atom stereocenters. The van der Waals surface area contributed by atoms with Crippen molar-refractivity contribution in [2.24, 2.45) is 0 Å². The van der Waals surface area contributed by atoms with Gasteiger partial charge in [-0.05, 0) is 42.5 Å². The van der Waals surface area contributed by atoms with Crippen molar-refractivity contribution in [1.82, 2.24) is 0 Å². The highest BCUT2D eigenvalue weighted by Crippen LogP contribution is 2.19. The topological polar surface area (TPSA) is 40.9 Å². The summed E-state index contributed by atoms with van der Waals surface area (Å²) in [5, 5.41) is 11.0. The fourth-order valence-corrected chi connectivity index (χ4v) is 2.51. The van der Waals surface area contributed by atoms with E-state index in [1.165, 1.54) is 11.3 Å². The number of thiophene rings is 1. The quantitative estimate of drug-likeness (QED) is 0.476. The summed E-state index contributed by atoms with van der Waals surface area (Å²) in [5.41, 5.74) is 3.31. The van der Waals surface area contributed by atoms with Gasteiger partial charge in [-0.1, -0.05) is 29.8 Å². The second-order valence-electron chi connectivity index (χ2n) is 4.34. The average Bonchev–Trinajstić information content (AvgIpc) is 2.91. The highest BCUT2D eigenvalue weighted by molar-refractivity contribution is 7.12. The van der Waals surface area contributed by atoms with Crippen LogP contribution in [-0.2, 0) is 0 Å². The predicted octanol–water partition coefficient (Wildman–Crippen LogP) is 4.15. The number of aryl methyl sites for hydroxylation is 2. The van der Waals surface area contributed by atoms with Crippen LogP contribution in [0.5, 0.6) is 0 Å². The molecule has 0 aliphatic rings. The summed E-state index contributed by atoms with van der Waals surface area (Å²) in [4.78, 5) is 12.7. The minimum Gasteiger partial charge on any atom is -0.287 e. The molecular formula is C16H13NOS. The molecule has 0 bridgehead atoms. The van der Waals surface area contributed by atoms with E-state index in [4.69, 9.17) is 5.26 Å².